The molecule has 1 aliphatic rings. The first kappa shape index (κ1) is 23.7. The molecule has 0 amide bonds. The monoisotopic (exact) mass is 444 g/mol. The number of nitrogens with zero attached hydrogens (tertiary/aromatic N) is 3. The summed E-state index contributed by atoms with van der Waals surface area (Å²) in [6.07, 6.45) is 0. The lowest BCUT2D eigenvalue weighted by atomic mass is 10.1. The van der Waals surface area contributed by atoms with Crippen molar-refractivity contribution in [3.63, 3.8) is 0 Å². The van der Waals surface area contributed by atoms with E-state index >= 15 is 0 Å². The summed E-state index contributed by atoms with van der Waals surface area (Å²) in [5, 5.41) is 3.40. The van der Waals surface area contributed by atoms with Crippen molar-refractivity contribution in [3.05, 3.63) is 52.8 Å². The normalized spacial score (nSPS) is 14.9. The molecule has 174 valence electrons. The fourth-order valence-corrected chi connectivity index (χ4v) is 3.93. The lowest BCUT2D eigenvalue weighted by Gasteiger charge is -2.36. The fourth-order valence-electron chi connectivity index (χ4n) is 3.93. The Morgan fingerprint density at radius 3 is 2.16 bits per heavy atom. The van der Waals surface area contributed by atoms with Crippen LogP contribution in [-0.2, 0) is 13.1 Å². The number of benzene rings is 2. The van der Waals surface area contributed by atoms with Gasteiger partial charge in [-0.2, -0.15) is 0 Å². The third-order valence-corrected chi connectivity index (χ3v) is 5.69. The van der Waals surface area contributed by atoms with Gasteiger partial charge in [0.05, 0.1) is 21.3 Å². The van der Waals surface area contributed by atoms with Crippen molar-refractivity contribution in [1.82, 2.24) is 15.1 Å². The minimum atomic E-state index is -0.179. The van der Waals surface area contributed by atoms with E-state index in [4.69, 9.17) is 14.2 Å². The third kappa shape index (κ3) is 5.62. The van der Waals surface area contributed by atoms with Gasteiger partial charge < -0.3 is 24.4 Å². The Kier molecular flexibility index (Phi) is 8.16. The number of piperazine rings is 1. The average Bonchev–Trinajstić information content (AvgIpc) is 2.81. The van der Waals surface area contributed by atoms with E-state index in [-0.39, 0.29) is 5.82 Å². The van der Waals surface area contributed by atoms with Gasteiger partial charge in [0.2, 0.25) is 5.75 Å². The minimum Gasteiger partial charge on any atom is -0.493 e. The standard InChI is InChI=1S/C24H33FN4O3/c1-17-12-18(6-7-20(17)25)15-27-24(26-2)29-10-8-28(9-11-29)16-19-13-21(30-3)23(32-5)22(14-19)31-4/h6-7,12-14H,8-11,15-16H2,1-5H3,(H,26,27). The van der Waals surface area contributed by atoms with Crippen molar-refractivity contribution >= 4 is 5.96 Å². The van der Waals surface area contributed by atoms with Crippen LogP contribution in [0.25, 0.3) is 0 Å². The van der Waals surface area contributed by atoms with Crippen LogP contribution in [0.3, 0.4) is 0 Å². The molecular formula is C24H33FN4O3. The van der Waals surface area contributed by atoms with Crippen LogP contribution < -0.4 is 19.5 Å². The van der Waals surface area contributed by atoms with Crippen LogP contribution in [0.2, 0.25) is 0 Å². The maximum absolute atomic E-state index is 13.5. The van der Waals surface area contributed by atoms with Crippen molar-refractivity contribution in [1.29, 1.82) is 0 Å². The van der Waals surface area contributed by atoms with Crippen molar-refractivity contribution in [2.45, 2.75) is 20.0 Å². The molecule has 1 heterocycles. The number of nitrogens with one attached hydrogen (secondary N) is 1. The highest BCUT2D eigenvalue weighted by Gasteiger charge is 2.21. The van der Waals surface area contributed by atoms with Crippen LogP contribution in [0.1, 0.15) is 16.7 Å². The Hall–Kier alpha value is -3.00. The van der Waals surface area contributed by atoms with Crippen LogP contribution in [0.15, 0.2) is 35.3 Å². The molecule has 1 N–H and O–H groups in total. The molecule has 0 aliphatic carbocycles. The molecule has 1 aliphatic heterocycles. The maximum Gasteiger partial charge on any atom is 0.203 e. The summed E-state index contributed by atoms with van der Waals surface area (Å²) in [7, 11) is 6.66. The fraction of sp³-hybridized carbons (Fsp3) is 0.458. The van der Waals surface area contributed by atoms with Gasteiger partial charge in [0.15, 0.2) is 17.5 Å². The van der Waals surface area contributed by atoms with E-state index in [1.54, 1.807) is 41.4 Å². The molecule has 1 saturated heterocycles. The van der Waals surface area contributed by atoms with Crippen LogP contribution in [0.5, 0.6) is 17.2 Å². The number of methoxy groups -OCH3 is 3. The van der Waals surface area contributed by atoms with E-state index in [9.17, 15) is 4.39 Å². The van der Waals surface area contributed by atoms with Gasteiger partial charge in [-0.1, -0.05) is 12.1 Å². The third-order valence-electron chi connectivity index (χ3n) is 5.69. The van der Waals surface area contributed by atoms with Gasteiger partial charge in [-0.05, 0) is 41.8 Å². The lowest BCUT2D eigenvalue weighted by molar-refractivity contribution is 0.172. The van der Waals surface area contributed by atoms with Gasteiger partial charge in [-0.25, -0.2) is 4.39 Å². The molecule has 32 heavy (non-hydrogen) atoms. The molecule has 3 rings (SSSR count). The molecule has 0 radical (unpaired) electrons. The Labute approximate surface area is 189 Å². The van der Waals surface area contributed by atoms with E-state index in [1.165, 1.54) is 6.07 Å². The number of halogens is 1. The Morgan fingerprint density at radius 1 is 0.969 bits per heavy atom. The number of hydrogen-bond donors (Lipinski definition) is 1. The Morgan fingerprint density at radius 2 is 1.62 bits per heavy atom. The molecule has 0 saturated carbocycles. The van der Waals surface area contributed by atoms with Crippen LogP contribution in [0.4, 0.5) is 4.39 Å². The summed E-state index contributed by atoms with van der Waals surface area (Å²) in [4.78, 5) is 9.08. The number of hydrogen-bond acceptors (Lipinski definition) is 5. The first-order chi connectivity index (χ1) is 15.5. The molecule has 0 unspecified atom stereocenters. The van der Waals surface area contributed by atoms with Gasteiger partial charge in [-0.15, -0.1) is 0 Å². The van der Waals surface area contributed by atoms with Gasteiger partial charge in [0.25, 0.3) is 0 Å². The number of ether oxygens (including phenoxy) is 3. The highest BCUT2D eigenvalue weighted by atomic mass is 19.1. The van der Waals surface area contributed by atoms with E-state index in [0.717, 1.165) is 49.8 Å². The van der Waals surface area contributed by atoms with Crippen molar-refractivity contribution in [2.24, 2.45) is 4.99 Å². The predicted molar refractivity (Wildman–Crippen MR) is 124 cm³/mol. The second-order valence-corrected chi connectivity index (χ2v) is 7.78. The molecule has 2 aromatic rings. The first-order valence-electron chi connectivity index (χ1n) is 10.7. The van der Waals surface area contributed by atoms with Crippen molar-refractivity contribution < 1.29 is 18.6 Å². The summed E-state index contributed by atoms with van der Waals surface area (Å²) in [5.41, 5.74) is 2.80. The van der Waals surface area contributed by atoms with Crippen molar-refractivity contribution in [3.8, 4) is 17.2 Å². The molecule has 0 bridgehead atoms. The molecule has 0 aromatic heterocycles. The van der Waals surface area contributed by atoms with E-state index in [1.807, 2.05) is 18.2 Å². The molecule has 0 atom stereocenters. The smallest absolute Gasteiger partial charge is 0.203 e. The molecular weight excluding hydrogens is 411 g/mol. The molecule has 0 spiro atoms. The van der Waals surface area contributed by atoms with Crippen LogP contribution in [-0.4, -0.2) is 70.3 Å². The number of guanidine groups is 1. The topological polar surface area (TPSA) is 58.6 Å². The molecule has 2 aromatic carbocycles. The number of aliphatic imine (C=N–C) groups is 1. The van der Waals surface area contributed by atoms with Gasteiger partial charge >= 0.3 is 0 Å². The zero-order valence-corrected chi connectivity index (χ0v) is 19.6. The average molecular weight is 445 g/mol. The highest BCUT2D eigenvalue weighted by Crippen LogP contribution is 2.38. The minimum absolute atomic E-state index is 0.179. The lowest BCUT2D eigenvalue weighted by Crippen LogP contribution is -2.52. The predicted octanol–water partition coefficient (Wildman–Crippen LogP) is 3.05. The zero-order chi connectivity index (χ0) is 23.1. The summed E-state index contributed by atoms with van der Waals surface area (Å²) >= 11 is 0. The van der Waals surface area contributed by atoms with E-state index < -0.39 is 0 Å². The zero-order valence-electron chi connectivity index (χ0n) is 19.6. The molecule has 1 fully saturated rings. The van der Waals surface area contributed by atoms with Crippen LogP contribution >= 0.6 is 0 Å². The summed E-state index contributed by atoms with van der Waals surface area (Å²) in [6, 6.07) is 9.18. The Bertz CT molecular complexity index is 918. The van der Waals surface area contributed by atoms with Crippen LogP contribution in [0, 0.1) is 12.7 Å². The first-order valence-corrected chi connectivity index (χ1v) is 10.7. The highest BCUT2D eigenvalue weighted by molar-refractivity contribution is 5.80. The van der Waals surface area contributed by atoms with Gasteiger partial charge in [-0.3, -0.25) is 9.89 Å². The van der Waals surface area contributed by atoms with Gasteiger partial charge in [0, 0.05) is 46.3 Å². The second kappa shape index (κ2) is 11.0. The quantitative estimate of drug-likeness (QED) is 0.523. The largest absolute Gasteiger partial charge is 0.493 e. The van der Waals surface area contributed by atoms with E-state index in [0.29, 0.717) is 29.4 Å². The molecule has 7 nitrogen and oxygen atoms in total. The second-order valence-electron chi connectivity index (χ2n) is 7.78. The SMILES string of the molecule is CN=C(NCc1ccc(F)c(C)c1)N1CCN(Cc2cc(OC)c(OC)c(OC)c2)CC1. The summed E-state index contributed by atoms with van der Waals surface area (Å²) in [5.74, 6) is 2.62. The van der Waals surface area contributed by atoms with E-state index in [2.05, 4.69) is 20.1 Å². The summed E-state index contributed by atoms with van der Waals surface area (Å²) in [6.45, 7) is 6.74. The van der Waals surface area contributed by atoms with Crippen molar-refractivity contribution in [2.75, 3.05) is 54.6 Å². The Balaban J connectivity index is 1.56. The summed E-state index contributed by atoms with van der Waals surface area (Å²) < 4.78 is 29.9. The number of rotatable bonds is 7. The molecule has 8 heteroatoms. The maximum atomic E-state index is 13.5. The van der Waals surface area contributed by atoms with Gasteiger partial charge in [0.1, 0.15) is 5.82 Å². The number of aryl methyl sites for hydroxylation is 1.